The van der Waals surface area contributed by atoms with E-state index in [-0.39, 0.29) is 0 Å². The largest absolute Gasteiger partial charge is 0.351 e. The minimum Gasteiger partial charge on any atom is -0.351 e. The third-order valence-corrected chi connectivity index (χ3v) is 5.11. The molecule has 2 N–H and O–H groups in total. The Balaban J connectivity index is 1.68. The number of nitrogens with one attached hydrogen (secondary N) is 2. The van der Waals surface area contributed by atoms with Crippen molar-refractivity contribution in [2.45, 2.75) is 45.1 Å². The molecule has 0 unspecified atom stereocenters. The van der Waals surface area contributed by atoms with E-state index in [0.717, 1.165) is 24.1 Å². The summed E-state index contributed by atoms with van der Waals surface area (Å²) in [6.45, 7) is 1.98. The summed E-state index contributed by atoms with van der Waals surface area (Å²) in [5, 5.41) is 7.49. The summed E-state index contributed by atoms with van der Waals surface area (Å²) in [4.78, 5) is 17.9. The average Bonchev–Trinajstić information content (AvgIpc) is 2.66. The molecule has 2 aromatic heterocycles. The third-order valence-electron chi connectivity index (χ3n) is 4.71. The first kappa shape index (κ1) is 17.0. The smallest absolute Gasteiger partial charge is 0.227 e. The number of rotatable bonds is 4. The van der Waals surface area contributed by atoms with E-state index in [1.54, 1.807) is 12.4 Å². The van der Waals surface area contributed by atoms with Crippen molar-refractivity contribution in [2.24, 2.45) is 0 Å². The van der Waals surface area contributed by atoms with Gasteiger partial charge in [-0.1, -0.05) is 36.9 Å². The maximum Gasteiger partial charge on any atom is 0.227 e. The second-order valence-electron chi connectivity index (χ2n) is 6.69. The Bertz CT molecular complexity index is 923. The molecule has 26 heavy (non-hydrogen) atoms. The van der Waals surface area contributed by atoms with E-state index in [4.69, 9.17) is 11.6 Å². The number of aryl methyl sites for hydroxylation is 1. The van der Waals surface area contributed by atoms with Crippen LogP contribution in [0.2, 0.25) is 5.02 Å². The molecule has 1 saturated carbocycles. The quantitative estimate of drug-likeness (QED) is 0.684. The topological polar surface area (TPSA) is 75.6 Å². The van der Waals surface area contributed by atoms with Crippen LogP contribution in [0.3, 0.4) is 0 Å². The second-order valence-corrected chi connectivity index (χ2v) is 7.10. The van der Waals surface area contributed by atoms with E-state index in [1.165, 1.54) is 19.3 Å². The van der Waals surface area contributed by atoms with Crippen molar-refractivity contribution < 1.29 is 0 Å². The summed E-state index contributed by atoms with van der Waals surface area (Å²) in [6, 6.07) is 6.25. The Kier molecular flexibility index (Phi) is 4.84. The Hall–Kier alpha value is -2.47. The number of nitrogens with zero attached hydrogens (tertiary/aromatic N) is 4. The van der Waals surface area contributed by atoms with Crippen LogP contribution in [-0.2, 0) is 0 Å². The number of hydrogen-bond donors (Lipinski definition) is 2. The van der Waals surface area contributed by atoms with Crippen LogP contribution in [0.25, 0.3) is 11.2 Å². The molecule has 1 aliphatic rings. The van der Waals surface area contributed by atoms with Crippen molar-refractivity contribution >= 4 is 40.2 Å². The highest BCUT2D eigenvalue weighted by Gasteiger charge is 2.16. The zero-order valence-corrected chi connectivity index (χ0v) is 15.4. The number of aromatic nitrogens is 4. The molecule has 0 spiro atoms. The lowest BCUT2D eigenvalue weighted by atomic mass is 9.96. The van der Waals surface area contributed by atoms with Crippen molar-refractivity contribution in [2.75, 3.05) is 10.6 Å². The highest BCUT2D eigenvalue weighted by molar-refractivity contribution is 6.31. The van der Waals surface area contributed by atoms with E-state index in [1.807, 2.05) is 25.1 Å². The van der Waals surface area contributed by atoms with Gasteiger partial charge in [0.2, 0.25) is 5.95 Å². The molecule has 4 rings (SSSR count). The molecule has 1 aliphatic carbocycles. The van der Waals surface area contributed by atoms with Gasteiger partial charge >= 0.3 is 0 Å². The summed E-state index contributed by atoms with van der Waals surface area (Å²) in [5.41, 5.74) is 3.10. The van der Waals surface area contributed by atoms with E-state index in [2.05, 4.69) is 30.6 Å². The van der Waals surface area contributed by atoms with Crippen LogP contribution in [0.4, 0.5) is 17.5 Å². The SMILES string of the molecule is Cc1ccc(Nc2nc(NC3CCCCC3)nc3nccnc23)cc1Cl. The van der Waals surface area contributed by atoms with Crippen LogP contribution in [0.15, 0.2) is 30.6 Å². The van der Waals surface area contributed by atoms with Crippen molar-refractivity contribution in [3.63, 3.8) is 0 Å². The van der Waals surface area contributed by atoms with Crippen LogP contribution in [-0.4, -0.2) is 26.0 Å². The molecule has 1 aromatic carbocycles. The molecule has 0 saturated heterocycles. The van der Waals surface area contributed by atoms with E-state index >= 15 is 0 Å². The molecular weight excluding hydrogens is 348 g/mol. The molecule has 134 valence electrons. The van der Waals surface area contributed by atoms with Gasteiger partial charge < -0.3 is 10.6 Å². The number of benzene rings is 1. The predicted octanol–water partition coefficient (Wildman–Crippen LogP) is 4.87. The van der Waals surface area contributed by atoms with Gasteiger partial charge in [-0.2, -0.15) is 9.97 Å². The van der Waals surface area contributed by atoms with Crippen molar-refractivity contribution in [3.8, 4) is 0 Å². The van der Waals surface area contributed by atoms with Gasteiger partial charge in [-0.3, -0.25) is 0 Å². The first-order valence-corrected chi connectivity index (χ1v) is 9.35. The zero-order valence-electron chi connectivity index (χ0n) is 14.7. The van der Waals surface area contributed by atoms with Crippen LogP contribution in [0.5, 0.6) is 0 Å². The predicted molar refractivity (Wildman–Crippen MR) is 105 cm³/mol. The normalized spacial score (nSPS) is 15.2. The molecule has 7 heteroatoms. The minimum atomic E-state index is 0.416. The fourth-order valence-corrected chi connectivity index (χ4v) is 3.43. The summed E-state index contributed by atoms with van der Waals surface area (Å²) in [7, 11) is 0. The summed E-state index contributed by atoms with van der Waals surface area (Å²) >= 11 is 6.25. The van der Waals surface area contributed by atoms with E-state index in [0.29, 0.717) is 34.0 Å². The maximum absolute atomic E-state index is 6.25. The van der Waals surface area contributed by atoms with Crippen LogP contribution in [0, 0.1) is 6.92 Å². The Morgan fingerprint density at radius 2 is 1.85 bits per heavy atom. The lowest BCUT2D eigenvalue weighted by Crippen LogP contribution is -2.23. The molecule has 0 atom stereocenters. The summed E-state index contributed by atoms with van der Waals surface area (Å²) < 4.78 is 0. The van der Waals surface area contributed by atoms with Crippen molar-refractivity contribution in [1.29, 1.82) is 0 Å². The second kappa shape index (κ2) is 7.41. The molecule has 0 aliphatic heterocycles. The monoisotopic (exact) mass is 368 g/mol. The summed E-state index contributed by atoms with van der Waals surface area (Å²) in [5.74, 6) is 1.21. The Morgan fingerprint density at radius 3 is 2.65 bits per heavy atom. The van der Waals surface area contributed by atoms with Gasteiger partial charge in [-0.05, 0) is 37.5 Å². The van der Waals surface area contributed by atoms with Crippen LogP contribution in [0.1, 0.15) is 37.7 Å². The number of anilines is 3. The van der Waals surface area contributed by atoms with Crippen molar-refractivity contribution in [3.05, 3.63) is 41.2 Å². The number of halogens is 1. The fourth-order valence-electron chi connectivity index (χ4n) is 3.25. The molecule has 0 radical (unpaired) electrons. The summed E-state index contributed by atoms with van der Waals surface area (Å²) in [6.07, 6.45) is 9.40. The Morgan fingerprint density at radius 1 is 1.04 bits per heavy atom. The van der Waals surface area contributed by atoms with Crippen LogP contribution < -0.4 is 10.6 Å². The molecular formula is C19H21ClN6. The maximum atomic E-state index is 6.25. The molecule has 3 aromatic rings. The lowest BCUT2D eigenvalue weighted by molar-refractivity contribution is 0.461. The molecule has 6 nitrogen and oxygen atoms in total. The van der Waals surface area contributed by atoms with Gasteiger partial charge in [0.05, 0.1) is 0 Å². The average molecular weight is 369 g/mol. The third kappa shape index (κ3) is 3.70. The van der Waals surface area contributed by atoms with Gasteiger partial charge in [-0.15, -0.1) is 0 Å². The Labute approximate surface area is 157 Å². The van der Waals surface area contributed by atoms with Gasteiger partial charge in [0, 0.05) is 29.1 Å². The van der Waals surface area contributed by atoms with Crippen molar-refractivity contribution in [1.82, 2.24) is 19.9 Å². The highest BCUT2D eigenvalue weighted by Crippen LogP contribution is 2.27. The molecule has 1 fully saturated rings. The molecule has 0 amide bonds. The van der Waals surface area contributed by atoms with E-state index < -0.39 is 0 Å². The fraction of sp³-hybridized carbons (Fsp3) is 0.368. The zero-order chi connectivity index (χ0) is 17.9. The highest BCUT2D eigenvalue weighted by atomic mass is 35.5. The van der Waals surface area contributed by atoms with E-state index in [9.17, 15) is 0 Å². The minimum absolute atomic E-state index is 0.416. The molecule has 2 heterocycles. The van der Waals surface area contributed by atoms with Gasteiger partial charge in [0.15, 0.2) is 17.0 Å². The van der Waals surface area contributed by atoms with Crippen LogP contribution >= 0.6 is 11.6 Å². The van der Waals surface area contributed by atoms with Gasteiger partial charge in [-0.25, -0.2) is 9.97 Å². The molecule has 0 bridgehead atoms. The van der Waals surface area contributed by atoms with Gasteiger partial charge in [0.25, 0.3) is 0 Å². The number of fused-ring (bicyclic) bond motifs is 1. The standard InChI is InChI=1S/C19H21ClN6/c1-12-7-8-14(11-15(12)20)23-18-16-17(22-10-9-21-16)25-19(26-18)24-13-5-3-2-4-6-13/h7-11,13H,2-6H2,1H3,(H2,22,23,24,25,26). The first-order chi connectivity index (χ1) is 12.7. The van der Waals surface area contributed by atoms with Gasteiger partial charge in [0.1, 0.15) is 0 Å². The first-order valence-electron chi connectivity index (χ1n) is 8.97. The lowest BCUT2D eigenvalue weighted by Gasteiger charge is -2.23. The number of hydrogen-bond acceptors (Lipinski definition) is 6.